The molecule has 0 unspecified atom stereocenters. The van der Waals surface area contributed by atoms with Crippen LogP contribution in [0, 0.1) is 11.3 Å². The van der Waals surface area contributed by atoms with Crippen molar-refractivity contribution in [1.82, 2.24) is 5.65 Å². The van der Waals surface area contributed by atoms with Crippen molar-refractivity contribution in [2.45, 2.75) is 0 Å². The van der Waals surface area contributed by atoms with E-state index in [1.165, 1.54) is 5.65 Å². The number of phosphoric acid groups is 1. The van der Waals surface area contributed by atoms with Gasteiger partial charge >= 0.3 is 7.82 Å². The van der Waals surface area contributed by atoms with Gasteiger partial charge < -0.3 is 14.7 Å². The lowest BCUT2D eigenvalue weighted by Crippen LogP contribution is -2.09. The summed E-state index contributed by atoms with van der Waals surface area (Å²) in [4.78, 5) is 21.6. The Hall–Kier alpha value is -1.49. The Bertz CT molecular complexity index is 391. The second kappa shape index (κ2) is 6.90. The number of hydrogen-bond acceptors (Lipinski definition) is 4. The second-order valence-electron chi connectivity index (χ2n) is 2.42. The van der Waals surface area contributed by atoms with E-state index in [4.69, 9.17) is 24.5 Å². The summed E-state index contributed by atoms with van der Waals surface area (Å²) in [7, 11) is -4.64. The third kappa shape index (κ3) is 9.08. The van der Waals surface area contributed by atoms with E-state index in [1.807, 2.05) is 6.07 Å². The molecule has 7 nitrogen and oxygen atoms in total. The quantitative estimate of drug-likeness (QED) is 0.292. The molecule has 0 radical (unpaired) electrons. The number of nitriles is 1. The summed E-state index contributed by atoms with van der Waals surface area (Å²) < 4.78 is 20.3. The molecular weight excluding hydrogens is 240 g/mol. The van der Waals surface area contributed by atoms with E-state index in [9.17, 15) is 4.48 Å². The van der Waals surface area contributed by atoms with Crippen LogP contribution in [0.3, 0.4) is 0 Å². The van der Waals surface area contributed by atoms with E-state index in [0.29, 0.717) is 11.3 Å². The van der Waals surface area contributed by atoms with E-state index < -0.39 is 7.82 Å². The summed E-state index contributed by atoms with van der Waals surface area (Å²) >= 11 is 0. The van der Waals surface area contributed by atoms with Crippen LogP contribution in [-0.4, -0.2) is 14.7 Å². The molecule has 1 rings (SSSR count). The summed E-state index contributed by atoms with van der Waals surface area (Å²) in [6, 6.07) is 8.35. The molecule has 5 N–H and O–H groups in total. The number of rotatable bonds is 2. The fourth-order valence-corrected chi connectivity index (χ4v) is 0.683. The normalized spacial score (nSPS) is 9.69. The van der Waals surface area contributed by atoms with Gasteiger partial charge in [0.15, 0.2) is 0 Å². The molecule has 0 saturated carbocycles. The van der Waals surface area contributed by atoms with Crippen molar-refractivity contribution in [1.29, 1.82) is 5.26 Å². The molecule has 1 aromatic carbocycles. The van der Waals surface area contributed by atoms with Crippen molar-refractivity contribution in [3.8, 4) is 6.07 Å². The van der Waals surface area contributed by atoms with Gasteiger partial charge in [0.2, 0.25) is 0 Å². The summed E-state index contributed by atoms with van der Waals surface area (Å²) in [6.07, 6.45) is 0. The molecule has 0 aliphatic heterocycles. The first-order valence-electron chi connectivity index (χ1n) is 3.77. The molecule has 0 aliphatic rings. The molecule has 0 heterocycles. The van der Waals surface area contributed by atoms with Crippen LogP contribution in [0.2, 0.25) is 0 Å². The maximum atomic E-state index is 11.4. The summed E-state index contributed by atoms with van der Waals surface area (Å²) in [5, 5.41) is 8.40. The first kappa shape index (κ1) is 14.5. The van der Waals surface area contributed by atoms with Crippen LogP contribution in [0.1, 0.15) is 5.56 Å². The molecule has 16 heavy (non-hydrogen) atoms. The van der Waals surface area contributed by atoms with Crippen molar-refractivity contribution >= 4 is 13.5 Å². The molecule has 88 valence electrons. The zero-order chi connectivity index (χ0) is 12.6. The van der Waals surface area contributed by atoms with Crippen LogP contribution in [0.5, 0.6) is 0 Å². The van der Waals surface area contributed by atoms with Crippen molar-refractivity contribution in [2.75, 3.05) is 5.43 Å². The number of benzene rings is 1. The zero-order valence-electron chi connectivity index (χ0n) is 7.83. The SMILES string of the molecule is N#Cc1ccc(NNF)cc1.O=P(O)(O)O. The van der Waals surface area contributed by atoms with E-state index in [1.54, 1.807) is 24.3 Å². The predicted octanol–water partition coefficient (Wildman–Crippen LogP) is 0.431. The molecule has 0 aliphatic carbocycles. The van der Waals surface area contributed by atoms with Crippen LogP contribution in [0.4, 0.5) is 10.2 Å². The molecule has 0 fully saturated rings. The standard InChI is InChI=1S/C7H6FN3.H3O4P/c8-11-10-7-3-1-6(5-9)2-4-7;1-5(2,3)4/h1-4,10-11H;(H3,1,2,3,4). The van der Waals surface area contributed by atoms with E-state index in [0.717, 1.165) is 0 Å². The highest BCUT2D eigenvalue weighted by molar-refractivity contribution is 7.45. The highest BCUT2D eigenvalue weighted by Crippen LogP contribution is 2.25. The molecule has 1 aromatic rings. The Morgan fingerprint density at radius 1 is 1.25 bits per heavy atom. The Morgan fingerprint density at radius 2 is 1.69 bits per heavy atom. The first-order valence-corrected chi connectivity index (χ1v) is 5.33. The number of halogens is 1. The lowest BCUT2D eigenvalue weighted by molar-refractivity contribution is 0.275. The molecule has 9 heteroatoms. The highest BCUT2D eigenvalue weighted by atomic mass is 31.2. The van der Waals surface area contributed by atoms with Gasteiger partial charge in [-0.25, -0.2) is 4.57 Å². The van der Waals surface area contributed by atoms with E-state index in [2.05, 4.69) is 5.43 Å². The first-order chi connectivity index (χ1) is 7.36. The van der Waals surface area contributed by atoms with Gasteiger partial charge in [0.25, 0.3) is 0 Å². The smallest absolute Gasteiger partial charge is 0.303 e. The van der Waals surface area contributed by atoms with Crippen LogP contribution in [-0.2, 0) is 4.57 Å². The Labute approximate surface area is 90.3 Å². The van der Waals surface area contributed by atoms with Gasteiger partial charge in [0.1, 0.15) is 0 Å². The monoisotopic (exact) mass is 249 g/mol. The van der Waals surface area contributed by atoms with Crippen molar-refractivity contribution in [3.05, 3.63) is 29.8 Å². The molecule has 0 amide bonds. The highest BCUT2D eigenvalue weighted by Gasteiger charge is 2.00. The van der Waals surface area contributed by atoms with Gasteiger partial charge in [-0.15, -0.1) is 4.48 Å². The van der Waals surface area contributed by atoms with Crippen molar-refractivity contribution in [3.63, 3.8) is 0 Å². The minimum absolute atomic E-state index is 0.550. The fraction of sp³-hybridized carbons (Fsp3) is 0. The van der Waals surface area contributed by atoms with Gasteiger partial charge in [0.05, 0.1) is 17.3 Å². The molecule has 0 bridgehead atoms. The Kier molecular flexibility index (Phi) is 6.25. The summed E-state index contributed by atoms with van der Waals surface area (Å²) in [6.45, 7) is 0. The van der Waals surface area contributed by atoms with Gasteiger partial charge in [-0.1, -0.05) is 5.65 Å². The van der Waals surface area contributed by atoms with E-state index in [-0.39, 0.29) is 0 Å². The molecule has 0 spiro atoms. The lowest BCUT2D eigenvalue weighted by Gasteiger charge is -1.99. The van der Waals surface area contributed by atoms with Crippen molar-refractivity contribution < 1.29 is 23.7 Å². The van der Waals surface area contributed by atoms with Crippen LogP contribution >= 0.6 is 7.82 Å². The van der Waals surface area contributed by atoms with Crippen LogP contribution < -0.4 is 11.1 Å². The zero-order valence-corrected chi connectivity index (χ0v) is 8.73. The van der Waals surface area contributed by atoms with Gasteiger partial charge in [-0.2, -0.15) is 5.26 Å². The number of nitrogens with zero attached hydrogens (tertiary/aromatic N) is 1. The van der Waals surface area contributed by atoms with E-state index >= 15 is 0 Å². The molecular formula is C7H9FN3O4P. The predicted molar refractivity (Wildman–Crippen MR) is 53.3 cm³/mol. The van der Waals surface area contributed by atoms with Crippen LogP contribution in [0.25, 0.3) is 0 Å². The number of nitrogens with one attached hydrogen (secondary N) is 2. The van der Waals surface area contributed by atoms with Crippen LogP contribution in [0.15, 0.2) is 24.3 Å². The Morgan fingerprint density at radius 3 is 2.00 bits per heavy atom. The third-order valence-electron chi connectivity index (χ3n) is 1.21. The average Bonchev–Trinajstić information content (AvgIpc) is 2.17. The molecule has 0 atom stereocenters. The third-order valence-corrected chi connectivity index (χ3v) is 1.21. The largest absolute Gasteiger partial charge is 0.466 e. The topological polar surface area (TPSA) is 126 Å². The van der Waals surface area contributed by atoms with Crippen molar-refractivity contribution in [2.24, 2.45) is 0 Å². The fourth-order valence-electron chi connectivity index (χ4n) is 0.683. The number of hydrazine groups is 1. The average molecular weight is 249 g/mol. The lowest BCUT2D eigenvalue weighted by atomic mass is 10.2. The van der Waals surface area contributed by atoms with Gasteiger partial charge in [-0.3, -0.25) is 5.43 Å². The van der Waals surface area contributed by atoms with Gasteiger partial charge in [-0.05, 0) is 24.3 Å². The minimum atomic E-state index is -4.64. The Balaban J connectivity index is 0.000000385. The molecule has 0 saturated heterocycles. The van der Waals surface area contributed by atoms with Gasteiger partial charge in [0, 0.05) is 0 Å². The summed E-state index contributed by atoms with van der Waals surface area (Å²) in [5.41, 5.74) is 4.65. The maximum absolute atomic E-state index is 11.4. The maximum Gasteiger partial charge on any atom is 0.466 e. The molecule has 0 aromatic heterocycles. The minimum Gasteiger partial charge on any atom is -0.303 e. The second-order valence-corrected chi connectivity index (χ2v) is 3.45. The number of anilines is 1. The number of hydrogen-bond donors (Lipinski definition) is 5. The summed E-state index contributed by atoms with van der Waals surface area (Å²) in [5.74, 6) is 0.